The van der Waals surface area contributed by atoms with Crippen LogP contribution in [0.2, 0.25) is 0 Å². The molecule has 1 heterocycles. The van der Waals surface area contributed by atoms with Gasteiger partial charge in [-0.25, -0.2) is 4.98 Å². The number of nitrogens with zero attached hydrogens (tertiary/aromatic N) is 1. The van der Waals surface area contributed by atoms with Crippen molar-refractivity contribution in [3.63, 3.8) is 0 Å². The topological polar surface area (TPSA) is 52.0 Å². The summed E-state index contributed by atoms with van der Waals surface area (Å²) in [6.07, 6.45) is 2.36. The second kappa shape index (κ2) is 4.49. The Bertz CT molecular complexity index is 474. The number of aromatic nitrogens is 1. The molecule has 2 aromatic rings. The number of rotatable bonds is 3. The Labute approximate surface area is 95.3 Å². The molecule has 0 spiro atoms. The molecule has 0 aliphatic heterocycles. The first-order valence-electron chi connectivity index (χ1n) is 5.41. The first kappa shape index (κ1) is 10.9. The monoisotopic (exact) mass is 216 g/mol. The number of benzene rings is 1. The second-order valence-corrected chi connectivity index (χ2v) is 4.06. The molecule has 1 aromatic carbocycles. The molecule has 84 valence electrons. The van der Waals surface area contributed by atoms with Crippen molar-refractivity contribution in [3.8, 4) is 0 Å². The lowest BCUT2D eigenvalue weighted by atomic mass is 10.1. The lowest BCUT2D eigenvalue weighted by Crippen LogP contribution is -2.05. The lowest BCUT2D eigenvalue weighted by Gasteiger charge is -2.01. The fraction of sp³-hybridized carbons (Fsp3) is 0.308. The fourth-order valence-corrected chi connectivity index (χ4v) is 1.59. The normalized spacial score (nSPS) is 12.7. The van der Waals surface area contributed by atoms with Crippen LogP contribution in [0.4, 0.5) is 0 Å². The third-order valence-corrected chi connectivity index (χ3v) is 2.64. The van der Waals surface area contributed by atoms with Gasteiger partial charge in [0.1, 0.15) is 6.26 Å². The fourth-order valence-electron chi connectivity index (χ4n) is 1.59. The van der Waals surface area contributed by atoms with Crippen LogP contribution in [-0.4, -0.2) is 4.98 Å². The van der Waals surface area contributed by atoms with E-state index in [1.54, 1.807) is 6.26 Å². The first-order chi connectivity index (χ1) is 7.66. The van der Waals surface area contributed by atoms with Crippen LogP contribution in [0.3, 0.4) is 0 Å². The third kappa shape index (κ3) is 2.31. The number of nitrogens with two attached hydrogens (primary N) is 1. The maximum Gasteiger partial charge on any atom is 0.198 e. The summed E-state index contributed by atoms with van der Waals surface area (Å²) in [7, 11) is 0. The molecule has 1 unspecified atom stereocenters. The number of hydrogen-bond acceptors (Lipinski definition) is 3. The molecule has 0 saturated heterocycles. The van der Waals surface area contributed by atoms with Crippen LogP contribution in [0.5, 0.6) is 0 Å². The van der Waals surface area contributed by atoms with Crippen LogP contribution in [-0.2, 0) is 6.42 Å². The second-order valence-electron chi connectivity index (χ2n) is 4.06. The van der Waals surface area contributed by atoms with Gasteiger partial charge in [0.15, 0.2) is 5.89 Å². The smallest absolute Gasteiger partial charge is 0.198 e. The summed E-state index contributed by atoms with van der Waals surface area (Å²) in [5.41, 5.74) is 9.03. The predicted octanol–water partition coefficient (Wildman–Crippen LogP) is 2.59. The van der Waals surface area contributed by atoms with Gasteiger partial charge in [0.2, 0.25) is 0 Å². The van der Waals surface area contributed by atoms with E-state index in [2.05, 4.69) is 24.0 Å². The molecule has 0 fully saturated rings. The third-order valence-electron chi connectivity index (χ3n) is 2.64. The van der Waals surface area contributed by atoms with Gasteiger partial charge in [0.05, 0.1) is 5.69 Å². The maximum absolute atomic E-state index is 5.73. The lowest BCUT2D eigenvalue weighted by molar-refractivity contribution is 0.505. The standard InChI is InChI=1S/C13H16N2O/c1-9-5-3-4-6-11(9)7-13-15-12(8-16-13)10(2)14/h3-6,8,10H,7,14H2,1-2H3. The summed E-state index contributed by atoms with van der Waals surface area (Å²) in [6, 6.07) is 8.16. The van der Waals surface area contributed by atoms with Crippen molar-refractivity contribution in [2.75, 3.05) is 0 Å². The summed E-state index contributed by atoms with van der Waals surface area (Å²) in [6.45, 7) is 3.99. The first-order valence-corrected chi connectivity index (χ1v) is 5.41. The summed E-state index contributed by atoms with van der Waals surface area (Å²) in [4.78, 5) is 4.35. The van der Waals surface area contributed by atoms with Crippen molar-refractivity contribution in [2.24, 2.45) is 5.73 Å². The largest absolute Gasteiger partial charge is 0.448 e. The summed E-state index contributed by atoms with van der Waals surface area (Å²) in [5, 5.41) is 0. The molecule has 2 rings (SSSR count). The van der Waals surface area contributed by atoms with Crippen LogP contribution >= 0.6 is 0 Å². The number of oxazole rings is 1. The van der Waals surface area contributed by atoms with Gasteiger partial charge in [-0.3, -0.25) is 0 Å². The van der Waals surface area contributed by atoms with Crippen LogP contribution in [0.25, 0.3) is 0 Å². The predicted molar refractivity (Wildman–Crippen MR) is 63.1 cm³/mol. The minimum atomic E-state index is -0.0747. The van der Waals surface area contributed by atoms with Crippen molar-refractivity contribution in [1.82, 2.24) is 4.98 Å². The number of hydrogen-bond donors (Lipinski definition) is 1. The minimum Gasteiger partial charge on any atom is -0.448 e. The zero-order chi connectivity index (χ0) is 11.5. The Morgan fingerprint density at radius 3 is 2.75 bits per heavy atom. The molecule has 3 nitrogen and oxygen atoms in total. The number of aryl methyl sites for hydroxylation is 1. The highest BCUT2D eigenvalue weighted by molar-refractivity contribution is 5.27. The van der Waals surface area contributed by atoms with E-state index in [0.29, 0.717) is 0 Å². The summed E-state index contributed by atoms with van der Waals surface area (Å²) < 4.78 is 5.39. The molecule has 0 radical (unpaired) electrons. The van der Waals surface area contributed by atoms with Crippen molar-refractivity contribution in [3.05, 3.63) is 53.2 Å². The van der Waals surface area contributed by atoms with Crippen molar-refractivity contribution in [2.45, 2.75) is 26.3 Å². The van der Waals surface area contributed by atoms with Crippen LogP contribution in [0.1, 0.15) is 35.7 Å². The van der Waals surface area contributed by atoms with Crippen LogP contribution in [0, 0.1) is 6.92 Å². The minimum absolute atomic E-state index is 0.0747. The van der Waals surface area contributed by atoms with E-state index in [1.165, 1.54) is 11.1 Å². The molecule has 3 heteroatoms. The zero-order valence-electron chi connectivity index (χ0n) is 9.60. The average Bonchev–Trinajstić information content (AvgIpc) is 2.70. The van der Waals surface area contributed by atoms with Gasteiger partial charge >= 0.3 is 0 Å². The Balaban J connectivity index is 2.18. The van der Waals surface area contributed by atoms with Gasteiger partial charge in [-0.1, -0.05) is 24.3 Å². The maximum atomic E-state index is 5.73. The van der Waals surface area contributed by atoms with Crippen LogP contribution < -0.4 is 5.73 Å². The Morgan fingerprint density at radius 1 is 1.38 bits per heavy atom. The van der Waals surface area contributed by atoms with E-state index < -0.39 is 0 Å². The van der Waals surface area contributed by atoms with Crippen LogP contribution in [0.15, 0.2) is 34.9 Å². The van der Waals surface area contributed by atoms with Gasteiger partial charge in [-0.15, -0.1) is 0 Å². The molecule has 2 N–H and O–H groups in total. The zero-order valence-corrected chi connectivity index (χ0v) is 9.60. The van der Waals surface area contributed by atoms with Crippen molar-refractivity contribution in [1.29, 1.82) is 0 Å². The van der Waals surface area contributed by atoms with Gasteiger partial charge in [-0.05, 0) is 25.0 Å². The SMILES string of the molecule is Cc1ccccc1Cc1nc(C(C)N)co1. The van der Waals surface area contributed by atoms with Gasteiger partial charge in [-0.2, -0.15) is 0 Å². The van der Waals surface area contributed by atoms with E-state index >= 15 is 0 Å². The summed E-state index contributed by atoms with van der Waals surface area (Å²) in [5.74, 6) is 0.724. The molecular formula is C13H16N2O. The van der Waals surface area contributed by atoms with E-state index in [9.17, 15) is 0 Å². The quantitative estimate of drug-likeness (QED) is 0.858. The summed E-state index contributed by atoms with van der Waals surface area (Å²) >= 11 is 0. The molecule has 0 saturated carbocycles. The van der Waals surface area contributed by atoms with Gasteiger partial charge < -0.3 is 10.2 Å². The highest BCUT2D eigenvalue weighted by Crippen LogP contribution is 2.15. The van der Waals surface area contributed by atoms with Crippen molar-refractivity contribution >= 4 is 0 Å². The Hall–Kier alpha value is -1.61. The molecular weight excluding hydrogens is 200 g/mol. The molecule has 0 aliphatic rings. The molecule has 1 atom stereocenters. The van der Waals surface area contributed by atoms with Gasteiger partial charge in [0.25, 0.3) is 0 Å². The van der Waals surface area contributed by atoms with E-state index in [0.717, 1.165) is 18.0 Å². The Kier molecular flexibility index (Phi) is 3.06. The molecule has 0 amide bonds. The van der Waals surface area contributed by atoms with E-state index in [-0.39, 0.29) is 6.04 Å². The Morgan fingerprint density at radius 2 is 2.12 bits per heavy atom. The van der Waals surface area contributed by atoms with E-state index in [4.69, 9.17) is 10.2 Å². The molecule has 1 aromatic heterocycles. The highest BCUT2D eigenvalue weighted by Gasteiger charge is 2.08. The highest BCUT2D eigenvalue weighted by atomic mass is 16.3. The van der Waals surface area contributed by atoms with Crippen molar-refractivity contribution < 1.29 is 4.42 Å². The van der Waals surface area contributed by atoms with E-state index in [1.807, 2.05) is 19.1 Å². The molecule has 16 heavy (non-hydrogen) atoms. The van der Waals surface area contributed by atoms with Gasteiger partial charge in [0, 0.05) is 12.5 Å². The molecule has 0 aliphatic carbocycles. The average molecular weight is 216 g/mol. The molecule has 0 bridgehead atoms.